The number of carbonyl (C=O) groups is 1. The Morgan fingerprint density at radius 3 is 2.50 bits per heavy atom. The number of ether oxygens (including phenoxy) is 1. The van der Waals surface area contributed by atoms with Crippen LogP contribution in [0.1, 0.15) is 16.8 Å². The van der Waals surface area contributed by atoms with Gasteiger partial charge in [-0.25, -0.2) is 13.6 Å². The fourth-order valence-electron chi connectivity index (χ4n) is 0.898. The Bertz CT molecular complexity index is 285. The second-order valence-electron chi connectivity index (χ2n) is 2.68. The minimum Gasteiger partial charge on any atom is -0.462 e. The number of alkyl halides is 2. The molecule has 1 aromatic carbocycles. The first-order chi connectivity index (χ1) is 6.70. The van der Waals surface area contributed by atoms with Crippen molar-refractivity contribution in [2.75, 3.05) is 6.61 Å². The first-order valence-corrected chi connectivity index (χ1v) is 4.20. The second-order valence-corrected chi connectivity index (χ2v) is 2.68. The van der Waals surface area contributed by atoms with Gasteiger partial charge in [-0.05, 0) is 12.1 Å². The third-order valence-electron chi connectivity index (χ3n) is 1.58. The first-order valence-electron chi connectivity index (χ1n) is 4.20. The molecule has 0 aliphatic heterocycles. The SMILES string of the molecule is O=C(OCCC(F)F)c1ccccc1. The van der Waals surface area contributed by atoms with Crippen LogP contribution in [0.3, 0.4) is 0 Å². The van der Waals surface area contributed by atoms with Gasteiger partial charge >= 0.3 is 5.97 Å². The predicted octanol–water partition coefficient (Wildman–Crippen LogP) is 2.50. The highest BCUT2D eigenvalue weighted by Gasteiger charge is 2.07. The molecule has 1 rings (SSSR count). The van der Waals surface area contributed by atoms with E-state index in [9.17, 15) is 13.6 Å². The van der Waals surface area contributed by atoms with E-state index in [-0.39, 0.29) is 6.61 Å². The summed E-state index contributed by atoms with van der Waals surface area (Å²) >= 11 is 0. The minimum atomic E-state index is -2.43. The van der Waals surface area contributed by atoms with E-state index in [4.69, 9.17) is 0 Å². The number of hydrogen-bond acceptors (Lipinski definition) is 2. The molecule has 0 unspecified atom stereocenters. The van der Waals surface area contributed by atoms with Crippen molar-refractivity contribution in [3.63, 3.8) is 0 Å². The van der Waals surface area contributed by atoms with Gasteiger partial charge < -0.3 is 4.74 Å². The van der Waals surface area contributed by atoms with Crippen molar-refractivity contribution in [1.82, 2.24) is 0 Å². The quantitative estimate of drug-likeness (QED) is 0.698. The number of halogens is 2. The molecule has 0 amide bonds. The summed E-state index contributed by atoms with van der Waals surface area (Å²) in [7, 11) is 0. The average Bonchev–Trinajstić information content (AvgIpc) is 2.18. The van der Waals surface area contributed by atoms with Gasteiger partial charge in [0, 0.05) is 6.42 Å². The van der Waals surface area contributed by atoms with Gasteiger partial charge in [-0.2, -0.15) is 0 Å². The van der Waals surface area contributed by atoms with Crippen molar-refractivity contribution in [2.45, 2.75) is 12.8 Å². The number of esters is 1. The smallest absolute Gasteiger partial charge is 0.338 e. The molecule has 0 radical (unpaired) electrons. The zero-order valence-electron chi connectivity index (χ0n) is 7.45. The fourth-order valence-corrected chi connectivity index (χ4v) is 0.898. The van der Waals surface area contributed by atoms with E-state index in [1.807, 2.05) is 0 Å². The van der Waals surface area contributed by atoms with Crippen LogP contribution in [0.25, 0.3) is 0 Å². The topological polar surface area (TPSA) is 26.3 Å². The largest absolute Gasteiger partial charge is 0.462 e. The molecule has 2 nitrogen and oxygen atoms in total. The molecule has 0 atom stereocenters. The normalized spacial score (nSPS) is 10.2. The maximum absolute atomic E-state index is 11.7. The lowest BCUT2D eigenvalue weighted by molar-refractivity contribution is 0.0397. The monoisotopic (exact) mass is 200 g/mol. The number of hydrogen-bond donors (Lipinski definition) is 0. The van der Waals surface area contributed by atoms with Gasteiger partial charge in [0.25, 0.3) is 0 Å². The summed E-state index contributed by atoms with van der Waals surface area (Å²) in [6.45, 7) is -0.245. The van der Waals surface area contributed by atoms with Gasteiger partial charge in [0.2, 0.25) is 6.43 Å². The Kier molecular flexibility index (Phi) is 4.04. The fraction of sp³-hybridized carbons (Fsp3) is 0.300. The minimum absolute atomic E-state index is 0.245. The van der Waals surface area contributed by atoms with E-state index in [0.717, 1.165) is 0 Å². The summed E-state index contributed by atoms with van der Waals surface area (Å²) in [5, 5.41) is 0. The van der Waals surface area contributed by atoms with Crippen LogP contribution in [-0.4, -0.2) is 19.0 Å². The summed E-state index contributed by atoms with van der Waals surface area (Å²) in [6.07, 6.45) is -2.85. The molecule has 76 valence electrons. The molecule has 14 heavy (non-hydrogen) atoms. The van der Waals surface area contributed by atoms with Gasteiger partial charge in [0.05, 0.1) is 12.2 Å². The lowest BCUT2D eigenvalue weighted by Gasteiger charge is -2.03. The van der Waals surface area contributed by atoms with Gasteiger partial charge in [0.1, 0.15) is 0 Å². The van der Waals surface area contributed by atoms with Crippen LogP contribution in [0.5, 0.6) is 0 Å². The Balaban J connectivity index is 2.36. The lowest BCUT2D eigenvalue weighted by Crippen LogP contribution is -2.08. The van der Waals surface area contributed by atoms with Gasteiger partial charge in [-0.15, -0.1) is 0 Å². The summed E-state index contributed by atoms with van der Waals surface area (Å²) in [4.78, 5) is 11.2. The van der Waals surface area contributed by atoms with E-state index in [1.54, 1.807) is 30.3 Å². The van der Waals surface area contributed by atoms with Crippen molar-refractivity contribution in [2.24, 2.45) is 0 Å². The Labute approximate surface area is 80.5 Å². The molecule has 0 aliphatic rings. The summed E-state index contributed by atoms with van der Waals surface area (Å²) in [5.74, 6) is -0.564. The van der Waals surface area contributed by atoms with Crippen LogP contribution in [0.15, 0.2) is 30.3 Å². The Hall–Kier alpha value is -1.45. The molecule has 0 aliphatic carbocycles. The average molecular weight is 200 g/mol. The molecule has 0 spiro atoms. The molecule has 4 heteroatoms. The number of carbonyl (C=O) groups excluding carboxylic acids is 1. The zero-order chi connectivity index (χ0) is 10.4. The van der Waals surface area contributed by atoms with Crippen molar-refractivity contribution in [1.29, 1.82) is 0 Å². The van der Waals surface area contributed by atoms with Gasteiger partial charge in [0.15, 0.2) is 0 Å². The summed E-state index contributed by atoms with van der Waals surface area (Å²) < 4.78 is 28.0. The van der Waals surface area contributed by atoms with E-state index < -0.39 is 18.8 Å². The highest BCUT2D eigenvalue weighted by molar-refractivity contribution is 5.89. The van der Waals surface area contributed by atoms with Crippen LogP contribution < -0.4 is 0 Å². The third-order valence-corrected chi connectivity index (χ3v) is 1.58. The molecule has 0 N–H and O–H groups in total. The van der Waals surface area contributed by atoms with E-state index in [2.05, 4.69) is 4.74 Å². The van der Waals surface area contributed by atoms with Crippen LogP contribution in [0.2, 0.25) is 0 Å². The van der Waals surface area contributed by atoms with Gasteiger partial charge in [-0.1, -0.05) is 18.2 Å². The molecule has 0 fully saturated rings. The van der Waals surface area contributed by atoms with Crippen molar-refractivity contribution in [3.05, 3.63) is 35.9 Å². The van der Waals surface area contributed by atoms with Crippen molar-refractivity contribution in [3.8, 4) is 0 Å². The molecular weight excluding hydrogens is 190 g/mol. The zero-order valence-corrected chi connectivity index (χ0v) is 7.45. The van der Waals surface area contributed by atoms with Crippen LogP contribution in [-0.2, 0) is 4.74 Å². The van der Waals surface area contributed by atoms with Crippen LogP contribution in [0, 0.1) is 0 Å². The van der Waals surface area contributed by atoms with Crippen molar-refractivity contribution < 1.29 is 18.3 Å². The Morgan fingerprint density at radius 2 is 1.93 bits per heavy atom. The maximum Gasteiger partial charge on any atom is 0.338 e. The summed E-state index contributed by atoms with van der Waals surface area (Å²) in [6, 6.07) is 8.28. The van der Waals surface area contributed by atoms with Crippen LogP contribution in [0.4, 0.5) is 8.78 Å². The first kappa shape index (κ1) is 10.6. The molecular formula is C10H10F2O2. The molecule has 0 saturated heterocycles. The van der Waals surface area contributed by atoms with E-state index in [0.29, 0.717) is 5.56 Å². The van der Waals surface area contributed by atoms with Gasteiger partial charge in [-0.3, -0.25) is 0 Å². The molecule has 0 bridgehead atoms. The maximum atomic E-state index is 11.7. The predicted molar refractivity (Wildman–Crippen MR) is 47.3 cm³/mol. The summed E-state index contributed by atoms with van der Waals surface area (Å²) in [5.41, 5.74) is 0.377. The number of benzene rings is 1. The second kappa shape index (κ2) is 5.32. The Morgan fingerprint density at radius 1 is 1.29 bits per heavy atom. The third kappa shape index (κ3) is 3.51. The highest BCUT2D eigenvalue weighted by Crippen LogP contribution is 2.03. The molecule has 0 saturated carbocycles. The highest BCUT2D eigenvalue weighted by atomic mass is 19.3. The molecule has 0 heterocycles. The lowest BCUT2D eigenvalue weighted by atomic mass is 10.2. The molecule has 0 aromatic heterocycles. The van der Waals surface area contributed by atoms with Crippen molar-refractivity contribution >= 4 is 5.97 Å². The molecule has 1 aromatic rings. The number of rotatable bonds is 4. The van der Waals surface area contributed by atoms with Crippen LogP contribution >= 0.6 is 0 Å². The van der Waals surface area contributed by atoms with E-state index >= 15 is 0 Å². The standard InChI is InChI=1S/C10H10F2O2/c11-9(12)6-7-14-10(13)8-4-2-1-3-5-8/h1-5,9H,6-7H2. The van der Waals surface area contributed by atoms with E-state index in [1.165, 1.54) is 0 Å².